The molecule has 2 nitrogen and oxygen atoms in total. The van der Waals surface area contributed by atoms with Gasteiger partial charge in [-0.2, -0.15) is 0 Å². The molecular weight excluding hydrogens is 356 g/mol. The lowest BCUT2D eigenvalue weighted by Gasteiger charge is -2.47. The predicted molar refractivity (Wildman–Crippen MR) is 124 cm³/mol. The number of fused-ring (bicyclic) bond motifs is 1. The summed E-state index contributed by atoms with van der Waals surface area (Å²) in [6.07, 6.45) is 2.77. The molecule has 0 aliphatic carbocycles. The third-order valence-corrected chi connectivity index (χ3v) is 7.41. The Morgan fingerprint density at radius 3 is 1.97 bits per heavy atom. The lowest BCUT2D eigenvalue weighted by Crippen LogP contribution is -2.47. The van der Waals surface area contributed by atoms with E-state index >= 15 is 0 Å². The number of ether oxygens (including phenoxy) is 1. The maximum absolute atomic E-state index is 13.7. The topological polar surface area (TPSA) is 26.3 Å². The number of hydrogen-bond donors (Lipinski definition) is 0. The van der Waals surface area contributed by atoms with Gasteiger partial charge in [0.1, 0.15) is 5.60 Å². The van der Waals surface area contributed by atoms with Crippen LogP contribution in [0, 0.1) is 16.2 Å². The van der Waals surface area contributed by atoms with Gasteiger partial charge in [-0.1, -0.05) is 84.4 Å². The summed E-state index contributed by atoms with van der Waals surface area (Å²) in [6, 6.07) is 14.6. The van der Waals surface area contributed by atoms with Gasteiger partial charge in [-0.3, -0.25) is 4.79 Å². The smallest absolute Gasteiger partial charge is 0.313 e. The first-order chi connectivity index (χ1) is 13.3. The van der Waals surface area contributed by atoms with Crippen LogP contribution in [0.1, 0.15) is 87.1 Å². The zero-order valence-electron chi connectivity index (χ0n) is 20.0. The predicted octanol–water partition coefficient (Wildman–Crippen LogP) is 7.89. The number of esters is 1. The van der Waals surface area contributed by atoms with Gasteiger partial charge >= 0.3 is 5.97 Å². The van der Waals surface area contributed by atoms with Crippen LogP contribution in [0.15, 0.2) is 42.5 Å². The van der Waals surface area contributed by atoms with Gasteiger partial charge in [0.2, 0.25) is 0 Å². The van der Waals surface area contributed by atoms with Crippen molar-refractivity contribution in [1.82, 2.24) is 0 Å². The van der Waals surface area contributed by atoms with Gasteiger partial charge in [0.05, 0.1) is 5.41 Å². The molecule has 160 valence electrons. The highest BCUT2D eigenvalue weighted by Crippen LogP contribution is 2.51. The maximum Gasteiger partial charge on any atom is 0.313 e. The van der Waals surface area contributed by atoms with Crippen molar-refractivity contribution in [2.24, 2.45) is 16.2 Å². The number of rotatable bonds is 8. The zero-order valence-corrected chi connectivity index (χ0v) is 20.0. The van der Waals surface area contributed by atoms with E-state index in [4.69, 9.17) is 4.74 Å². The summed E-state index contributed by atoms with van der Waals surface area (Å²) in [5.41, 5.74) is -0.308. The van der Waals surface area contributed by atoms with Crippen LogP contribution in [0.4, 0.5) is 0 Å². The Kier molecular flexibility index (Phi) is 6.57. The first-order valence-electron chi connectivity index (χ1n) is 11.0. The molecule has 0 saturated carbocycles. The van der Waals surface area contributed by atoms with Gasteiger partial charge < -0.3 is 4.74 Å². The fraction of sp³-hybridized carbons (Fsp3) is 0.593. The van der Waals surface area contributed by atoms with Gasteiger partial charge in [0.25, 0.3) is 0 Å². The van der Waals surface area contributed by atoms with Gasteiger partial charge in [-0.25, -0.2) is 0 Å². The third kappa shape index (κ3) is 4.85. The molecule has 2 aromatic carbocycles. The Bertz CT molecular complexity index is 860. The second-order valence-electron chi connectivity index (χ2n) is 10.7. The van der Waals surface area contributed by atoms with Crippen molar-refractivity contribution in [3.05, 3.63) is 48.0 Å². The largest absolute Gasteiger partial charge is 0.454 e. The van der Waals surface area contributed by atoms with E-state index in [9.17, 15) is 4.79 Å². The molecule has 0 amide bonds. The molecule has 2 rings (SSSR count). The van der Waals surface area contributed by atoms with Crippen LogP contribution in [-0.2, 0) is 15.1 Å². The lowest BCUT2D eigenvalue weighted by molar-refractivity contribution is -0.180. The molecule has 0 radical (unpaired) electrons. The fourth-order valence-corrected chi connectivity index (χ4v) is 4.03. The SMILES string of the molecule is CCC(C)(C)CC(C)(C(=O)OC(C)(C)c1ccc2ccccc2c1)C(C)(C)CC. The summed E-state index contributed by atoms with van der Waals surface area (Å²) >= 11 is 0. The number of carbonyl (C=O) groups is 1. The normalized spacial score (nSPS) is 15.2. The molecule has 29 heavy (non-hydrogen) atoms. The van der Waals surface area contributed by atoms with Crippen molar-refractivity contribution in [3.8, 4) is 0 Å². The molecule has 0 aliphatic rings. The standard InChI is InChI=1S/C27H40O2/c1-10-24(3,4)19-27(9,25(5,6)11-2)23(28)29-26(7,8)22-17-16-20-14-12-13-15-21(20)18-22/h12-18H,10-11,19H2,1-9H3. The Balaban J connectivity index is 2.39. The van der Waals surface area contributed by atoms with Gasteiger partial charge in [0.15, 0.2) is 0 Å². The first-order valence-corrected chi connectivity index (χ1v) is 11.0. The average Bonchev–Trinajstić information content (AvgIpc) is 2.66. The molecule has 0 aliphatic heterocycles. The lowest BCUT2D eigenvalue weighted by atomic mass is 9.58. The van der Waals surface area contributed by atoms with Crippen LogP contribution in [-0.4, -0.2) is 5.97 Å². The Hall–Kier alpha value is -1.83. The van der Waals surface area contributed by atoms with Crippen molar-refractivity contribution in [2.75, 3.05) is 0 Å². The zero-order chi connectivity index (χ0) is 22.1. The molecule has 0 N–H and O–H groups in total. The van der Waals surface area contributed by atoms with E-state index in [-0.39, 0.29) is 16.8 Å². The molecule has 1 atom stereocenters. The van der Waals surface area contributed by atoms with Crippen molar-refractivity contribution in [1.29, 1.82) is 0 Å². The highest BCUT2D eigenvalue weighted by molar-refractivity contribution is 5.83. The van der Waals surface area contributed by atoms with Crippen LogP contribution in [0.3, 0.4) is 0 Å². The van der Waals surface area contributed by atoms with Crippen molar-refractivity contribution in [3.63, 3.8) is 0 Å². The van der Waals surface area contributed by atoms with Crippen molar-refractivity contribution in [2.45, 2.75) is 87.2 Å². The Morgan fingerprint density at radius 2 is 1.41 bits per heavy atom. The summed E-state index contributed by atoms with van der Waals surface area (Å²) in [7, 11) is 0. The Labute approximate surface area is 178 Å². The highest BCUT2D eigenvalue weighted by atomic mass is 16.6. The van der Waals surface area contributed by atoms with Crippen molar-refractivity contribution >= 4 is 16.7 Å². The summed E-state index contributed by atoms with van der Waals surface area (Å²) in [5.74, 6) is -0.0935. The second kappa shape index (κ2) is 8.13. The van der Waals surface area contributed by atoms with Crippen molar-refractivity contribution < 1.29 is 9.53 Å². The van der Waals surface area contributed by atoms with Crippen LogP contribution < -0.4 is 0 Å². The van der Waals surface area contributed by atoms with Crippen LogP contribution >= 0.6 is 0 Å². The van der Waals surface area contributed by atoms with Gasteiger partial charge in [-0.05, 0) is 66.8 Å². The maximum atomic E-state index is 13.7. The van der Waals surface area contributed by atoms with E-state index in [1.807, 2.05) is 26.0 Å². The molecule has 1 unspecified atom stereocenters. The van der Waals surface area contributed by atoms with Crippen LogP contribution in [0.25, 0.3) is 10.8 Å². The molecule has 2 aromatic rings. The molecule has 0 spiro atoms. The monoisotopic (exact) mass is 396 g/mol. The number of benzene rings is 2. The summed E-state index contributed by atoms with van der Waals surface area (Å²) in [5, 5.41) is 2.36. The molecule has 0 saturated heterocycles. The van der Waals surface area contributed by atoms with Crippen LogP contribution in [0.2, 0.25) is 0 Å². The van der Waals surface area contributed by atoms with E-state index in [0.29, 0.717) is 0 Å². The van der Waals surface area contributed by atoms with Gasteiger partial charge in [0, 0.05) is 0 Å². The van der Waals surface area contributed by atoms with E-state index < -0.39 is 11.0 Å². The quantitative estimate of drug-likeness (QED) is 0.424. The highest BCUT2D eigenvalue weighted by Gasteiger charge is 2.51. The molecule has 0 aromatic heterocycles. The molecular formula is C27H40O2. The fourth-order valence-electron chi connectivity index (χ4n) is 4.03. The molecule has 0 heterocycles. The molecule has 0 fully saturated rings. The summed E-state index contributed by atoms with van der Waals surface area (Å²) in [6.45, 7) is 19.4. The minimum atomic E-state index is -0.692. The Morgan fingerprint density at radius 1 is 0.828 bits per heavy atom. The first kappa shape index (κ1) is 23.4. The number of hydrogen-bond acceptors (Lipinski definition) is 2. The third-order valence-electron chi connectivity index (χ3n) is 7.41. The van der Waals surface area contributed by atoms with E-state index in [2.05, 4.69) is 78.8 Å². The average molecular weight is 397 g/mol. The number of carbonyl (C=O) groups excluding carboxylic acids is 1. The van der Waals surface area contributed by atoms with E-state index in [0.717, 1.165) is 30.2 Å². The minimum absolute atomic E-state index is 0.0767. The summed E-state index contributed by atoms with van der Waals surface area (Å²) in [4.78, 5) is 13.7. The summed E-state index contributed by atoms with van der Waals surface area (Å²) < 4.78 is 6.28. The minimum Gasteiger partial charge on any atom is -0.454 e. The van der Waals surface area contributed by atoms with Gasteiger partial charge in [-0.15, -0.1) is 0 Å². The molecule has 0 bridgehead atoms. The van der Waals surface area contributed by atoms with E-state index in [1.165, 1.54) is 5.39 Å². The van der Waals surface area contributed by atoms with E-state index in [1.54, 1.807) is 0 Å². The molecule has 2 heteroatoms. The second-order valence-corrected chi connectivity index (χ2v) is 10.7. The van der Waals surface area contributed by atoms with Crippen LogP contribution in [0.5, 0.6) is 0 Å².